The van der Waals surface area contributed by atoms with Gasteiger partial charge in [-0.3, -0.25) is 9.48 Å². The van der Waals surface area contributed by atoms with Crippen LogP contribution in [0.25, 0.3) is 0 Å². The Kier molecular flexibility index (Phi) is 3.74. The summed E-state index contributed by atoms with van der Waals surface area (Å²) in [6.07, 6.45) is 1.63. The first kappa shape index (κ1) is 13.4. The first-order chi connectivity index (χ1) is 9.08. The lowest BCUT2D eigenvalue weighted by Crippen LogP contribution is -2.40. The third kappa shape index (κ3) is 2.41. The number of nitrogens with one attached hydrogen (secondary N) is 1. The molecule has 1 aromatic heterocycles. The number of hydrogen-bond donors (Lipinski definition) is 1. The van der Waals surface area contributed by atoms with Crippen molar-refractivity contribution >= 4 is 11.7 Å². The molecule has 1 aliphatic heterocycles. The Labute approximate surface area is 113 Å². The molecule has 0 spiro atoms. The Balaban J connectivity index is 2.15. The molecule has 0 atom stereocenters. The molecular weight excluding hydrogens is 242 g/mol. The molecule has 102 valence electrons. The predicted molar refractivity (Wildman–Crippen MR) is 71.7 cm³/mol. The Morgan fingerprint density at radius 1 is 1.47 bits per heavy atom. The number of rotatable bonds is 2. The van der Waals surface area contributed by atoms with Crippen molar-refractivity contribution in [2.45, 2.75) is 19.8 Å². The number of aromatic nitrogens is 2. The standard InChI is InChI=1S/C13H19N5O/c1-9-11(8-14)13(17(3)16-9)18-6-4-10(5-7-18)12(19)15-2/h10H,4-7H2,1-3H3,(H,15,19). The van der Waals surface area contributed by atoms with Crippen LogP contribution in [0.2, 0.25) is 0 Å². The van der Waals surface area contributed by atoms with Crippen LogP contribution in [0.5, 0.6) is 0 Å². The molecule has 1 aromatic rings. The Hall–Kier alpha value is -2.03. The van der Waals surface area contributed by atoms with Crippen molar-refractivity contribution in [1.29, 1.82) is 5.26 Å². The summed E-state index contributed by atoms with van der Waals surface area (Å²) in [7, 11) is 3.53. The van der Waals surface area contributed by atoms with Crippen molar-refractivity contribution in [2.24, 2.45) is 13.0 Å². The van der Waals surface area contributed by atoms with Crippen LogP contribution >= 0.6 is 0 Å². The van der Waals surface area contributed by atoms with E-state index in [1.807, 2.05) is 14.0 Å². The number of hydrogen-bond acceptors (Lipinski definition) is 4. The molecule has 6 heteroatoms. The lowest BCUT2D eigenvalue weighted by atomic mass is 9.96. The van der Waals surface area contributed by atoms with Gasteiger partial charge in [0.15, 0.2) is 0 Å². The number of amides is 1. The largest absolute Gasteiger partial charge is 0.359 e. The van der Waals surface area contributed by atoms with Crippen molar-refractivity contribution in [1.82, 2.24) is 15.1 Å². The summed E-state index contributed by atoms with van der Waals surface area (Å²) in [5.74, 6) is 1.07. The van der Waals surface area contributed by atoms with Crippen molar-refractivity contribution in [3.8, 4) is 6.07 Å². The van der Waals surface area contributed by atoms with Crippen LogP contribution in [0.4, 0.5) is 5.82 Å². The lowest BCUT2D eigenvalue weighted by molar-refractivity contribution is -0.125. The van der Waals surface area contributed by atoms with Gasteiger partial charge >= 0.3 is 0 Å². The van der Waals surface area contributed by atoms with Gasteiger partial charge in [0, 0.05) is 33.1 Å². The van der Waals surface area contributed by atoms with Gasteiger partial charge in [0.2, 0.25) is 5.91 Å². The highest BCUT2D eigenvalue weighted by Gasteiger charge is 2.27. The first-order valence-electron chi connectivity index (χ1n) is 6.48. The van der Waals surface area contributed by atoms with Crippen LogP contribution in [-0.2, 0) is 11.8 Å². The third-order valence-corrected chi connectivity index (χ3v) is 3.72. The summed E-state index contributed by atoms with van der Waals surface area (Å²) in [5.41, 5.74) is 1.40. The molecule has 0 bridgehead atoms. The van der Waals surface area contributed by atoms with E-state index in [-0.39, 0.29) is 11.8 Å². The highest BCUT2D eigenvalue weighted by atomic mass is 16.1. The predicted octanol–water partition coefficient (Wildman–Crippen LogP) is 0.563. The molecule has 1 saturated heterocycles. The minimum Gasteiger partial charge on any atom is -0.359 e. The van der Waals surface area contributed by atoms with Crippen molar-refractivity contribution in [3.05, 3.63) is 11.3 Å². The normalized spacial score (nSPS) is 16.2. The number of carbonyl (C=O) groups is 1. The number of anilines is 1. The number of nitrogens with zero attached hydrogens (tertiary/aromatic N) is 4. The fourth-order valence-electron chi connectivity index (χ4n) is 2.70. The van der Waals surface area contributed by atoms with E-state index in [0.29, 0.717) is 5.56 Å². The number of carbonyl (C=O) groups excluding carboxylic acids is 1. The number of piperidine rings is 1. The smallest absolute Gasteiger partial charge is 0.222 e. The highest BCUT2D eigenvalue weighted by Crippen LogP contribution is 2.27. The zero-order valence-corrected chi connectivity index (χ0v) is 11.6. The molecule has 1 fully saturated rings. The molecule has 0 unspecified atom stereocenters. The van der Waals surface area contributed by atoms with Crippen molar-refractivity contribution < 1.29 is 4.79 Å². The van der Waals surface area contributed by atoms with E-state index in [9.17, 15) is 10.1 Å². The maximum absolute atomic E-state index is 11.6. The summed E-state index contributed by atoms with van der Waals surface area (Å²) >= 11 is 0. The van der Waals surface area contributed by atoms with E-state index in [1.54, 1.807) is 11.7 Å². The molecule has 0 aliphatic carbocycles. The fraction of sp³-hybridized carbons (Fsp3) is 0.615. The molecule has 19 heavy (non-hydrogen) atoms. The van der Waals surface area contributed by atoms with Gasteiger partial charge in [-0.2, -0.15) is 10.4 Å². The third-order valence-electron chi connectivity index (χ3n) is 3.72. The van der Waals surface area contributed by atoms with Gasteiger partial charge in [-0.25, -0.2) is 0 Å². The van der Waals surface area contributed by atoms with E-state index in [2.05, 4.69) is 21.4 Å². The lowest BCUT2D eigenvalue weighted by Gasteiger charge is -2.32. The summed E-state index contributed by atoms with van der Waals surface area (Å²) < 4.78 is 1.76. The van der Waals surface area contributed by atoms with E-state index in [4.69, 9.17) is 0 Å². The maximum Gasteiger partial charge on any atom is 0.222 e. The second-order valence-electron chi connectivity index (χ2n) is 4.89. The molecule has 2 rings (SSSR count). The molecule has 0 radical (unpaired) electrons. The summed E-state index contributed by atoms with van der Waals surface area (Å²) in [6.45, 7) is 3.41. The van der Waals surface area contributed by atoms with Gasteiger partial charge in [0.1, 0.15) is 17.5 Å². The molecule has 1 aliphatic rings. The topological polar surface area (TPSA) is 74.0 Å². The van der Waals surface area contributed by atoms with Gasteiger partial charge in [0.25, 0.3) is 0 Å². The molecular formula is C13H19N5O. The van der Waals surface area contributed by atoms with Gasteiger partial charge in [0.05, 0.1) is 5.69 Å². The summed E-state index contributed by atoms with van der Waals surface area (Å²) in [5, 5.41) is 16.2. The summed E-state index contributed by atoms with van der Waals surface area (Å²) in [6, 6.07) is 2.22. The van der Waals surface area contributed by atoms with Gasteiger partial charge in [-0.05, 0) is 19.8 Å². The zero-order valence-electron chi connectivity index (χ0n) is 11.6. The SMILES string of the molecule is CNC(=O)C1CCN(c2c(C#N)c(C)nn2C)CC1. The number of nitriles is 1. The molecule has 1 amide bonds. The average Bonchev–Trinajstić information content (AvgIpc) is 2.72. The first-order valence-corrected chi connectivity index (χ1v) is 6.48. The van der Waals surface area contributed by atoms with Gasteiger partial charge in [-0.1, -0.05) is 0 Å². The molecule has 2 heterocycles. The van der Waals surface area contributed by atoms with Gasteiger partial charge < -0.3 is 10.2 Å². The Bertz CT molecular complexity index is 520. The minimum absolute atomic E-state index is 0.0844. The van der Waals surface area contributed by atoms with Crippen LogP contribution in [-0.4, -0.2) is 35.8 Å². The van der Waals surface area contributed by atoms with Crippen LogP contribution in [0.3, 0.4) is 0 Å². The number of aryl methyl sites for hydroxylation is 2. The second kappa shape index (κ2) is 5.31. The van der Waals surface area contributed by atoms with Crippen LogP contribution in [0.15, 0.2) is 0 Å². The quantitative estimate of drug-likeness (QED) is 0.844. The second-order valence-corrected chi connectivity index (χ2v) is 4.89. The molecule has 1 N–H and O–H groups in total. The average molecular weight is 261 g/mol. The Morgan fingerprint density at radius 3 is 2.63 bits per heavy atom. The zero-order chi connectivity index (χ0) is 14.0. The molecule has 0 aromatic carbocycles. The van der Waals surface area contributed by atoms with Crippen molar-refractivity contribution in [2.75, 3.05) is 25.0 Å². The van der Waals surface area contributed by atoms with Crippen LogP contribution in [0, 0.1) is 24.2 Å². The van der Waals surface area contributed by atoms with E-state index >= 15 is 0 Å². The van der Waals surface area contributed by atoms with Gasteiger partial charge in [-0.15, -0.1) is 0 Å². The molecule has 0 saturated carbocycles. The van der Waals surface area contributed by atoms with E-state index in [1.165, 1.54) is 0 Å². The van der Waals surface area contributed by atoms with Crippen LogP contribution < -0.4 is 10.2 Å². The van der Waals surface area contributed by atoms with E-state index in [0.717, 1.165) is 37.4 Å². The highest BCUT2D eigenvalue weighted by molar-refractivity contribution is 5.78. The van der Waals surface area contributed by atoms with Crippen LogP contribution in [0.1, 0.15) is 24.1 Å². The van der Waals surface area contributed by atoms with Crippen molar-refractivity contribution in [3.63, 3.8) is 0 Å². The minimum atomic E-state index is 0.0844. The summed E-state index contributed by atoms with van der Waals surface area (Å²) in [4.78, 5) is 13.8. The molecule has 6 nitrogen and oxygen atoms in total. The fourth-order valence-corrected chi connectivity index (χ4v) is 2.70. The van der Waals surface area contributed by atoms with E-state index < -0.39 is 0 Å². The Morgan fingerprint density at radius 2 is 2.11 bits per heavy atom. The monoisotopic (exact) mass is 261 g/mol. The maximum atomic E-state index is 11.6.